The summed E-state index contributed by atoms with van der Waals surface area (Å²) in [6, 6.07) is 6.35. The van der Waals surface area contributed by atoms with E-state index in [0.29, 0.717) is 50.2 Å². The van der Waals surface area contributed by atoms with Crippen molar-refractivity contribution in [2.45, 2.75) is 13.3 Å². The molecular formula is C18H20N4O5. The van der Waals surface area contributed by atoms with E-state index in [9.17, 15) is 14.7 Å². The minimum Gasteiger partial charge on any atom is -0.478 e. The first kappa shape index (κ1) is 18.4. The number of aryl methyl sites for hydroxylation is 1. The molecule has 2 aromatic rings. The van der Waals surface area contributed by atoms with Crippen LogP contribution in [0.4, 0.5) is 10.7 Å². The summed E-state index contributed by atoms with van der Waals surface area (Å²) in [4.78, 5) is 34.1. The van der Waals surface area contributed by atoms with E-state index in [1.165, 1.54) is 11.0 Å². The van der Waals surface area contributed by atoms with E-state index in [1.807, 2.05) is 11.8 Å². The molecule has 9 nitrogen and oxygen atoms in total. The Hall–Kier alpha value is -3.36. The lowest BCUT2D eigenvalue weighted by Gasteiger charge is -2.33. The minimum absolute atomic E-state index is 0.140. The summed E-state index contributed by atoms with van der Waals surface area (Å²) in [6.45, 7) is 3.69. The molecule has 0 atom stereocenters. The second kappa shape index (κ2) is 7.90. The monoisotopic (exact) mass is 372 g/mol. The van der Waals surface area contributed by atoms with Crippen molar-refractivity contribution in [1.82, 2.24) is 14.9 Å². The van der Waals surface area contributed by atoms with E-state index in [2.05, 4.69) is 9.97 Å². The van der Waals surface area contributed by atoms with Crippen molar-refractivity contribution >= 4 is 18.0 Å². The molecule has 1 aliphatic rings. The van der Waals surface area contributed by atoms with Crippen molar-refractivity contribution in [3.63, 3.8) is 0 Å². The standard InChI is InChI=1S/C18H20N4O5/c1-2-12-3-4-13(16(23)24)11-14(12)27-15-5-6-19-17(20-15)21-7-9-22(10-8-21)18(25)26/h3-6,11H,2,7-10H2,1H3,(H,23,24)(H,25,26). The zero-order valence-electron chi connectivity index (χ0n) is 14.8. The molecule has 1 aromatic heterocycles. The van der Waals surface area contributed by atoms with Crippen molar-refractivity contribution in [1.29, 1.82) is 0 Å². The average molecular weight is 372 g/mol. The molecule has 0 bridgehead atoms. The quantitative estimate of drug-likeness (QED) is 0.821. The maximum Gasteiger partial charge on any atom is 0.407 e. The van der Waals surface area contributed by atoms with E-state index < -0.39 is 12.1 Å². The third kappa shape index (κ3) is 4.25. The molecule has 9 heteroatoms. The first-order valence-corrected chi connectivity index (χ1v) is 8.58. The van der Waals surface area contributed by atoms with Gasteiger partial charge in [-0.2, -0.15) is 4.98 Å². The number of hydrogen-bond donors (Lipinski definition) is 2. The predicted molar refractivity (Wildman–Crippen MR) is 96.7 cm³/mol. The van der Waals surface area contributed by atoms with Crippen LogP contribution in [0, 0.1) is 0 Å². The Bertz CT molecular complexity index is 849. The van der Waals surface area contributed by atoms with Crippen LogP contribution in [0.5, 0.6) is 11.6 Å². The fourth-order valence-electron chi connectivity index (χ4n) is 2.83. The van der Waals surface area contributed by atoms with E-state index in [4.69, 9.17) is 9.84 Å². The van der Waals surface area contributed by atoms with Crippen LogP contribution in [0.3, 0.4) is 0 Å². The molecule has 142 valence electrons. The summed E-state index contributed by atoms with van der Waals surface area (Å²) in [5, 5.41) is 18.2. The Morgan fingerprint density at radius 2 is 1.89 bits per heavy atom. The number of carboxylic acid groups (broad SMARTS) is 2. The molecule has 2 heterocycles. The predicted octanol–water partition coefficient (Wildman–Crippen LogP) is 2.33. The highest BCUT2D eigenvalue weighted by Crippen LogP contribution is 2.27. The molecule has 0 spiro atoms. The SMILES string of the molecule is CCc1ccc(C(=O)O)cc1Oc1ccnc(N2CCN(C(=O)O)CC2)n1. The molecule has 1 fully saturated rings. The fraction of sp³-hybridized carbons (Fsp3) is 0.333. The van der Waals surface area contributed by atoms with Gasteiger partial charge in [0.15, 0.2) is 0 Å². The maximum atomic E-state index is 11.2. The van der Waals surface area contributed by atoms with Gasteiger partial charge in [-0.05, 0) is 24.1 Å². The molecule has 0 unspecified atom stereocenters. The molecule has 3 rings (SSSR count). The Balaban J connectivity index is 1.78. The topological polar surface area (TPSA) is 116 Å². The zero-order valence-corrected chi connectivity index (χ0v) is 14.8. The van der Waals surface area contributed by atoms with Crippen LogP contribution < -0.4 is 9.64 Å². The second-order valence-corrected chi connectivity index (χ2v) is 6.03. The zero-order chi connectivity index (χ0) is 19.4. The number of amides is 1. The third-order valence-electron chi connectivity index (χ3n) is 4.36. The number of benzene rings is 1. The van der Waals surface area contributed by atoms with Gasteiger partial charge in [-0.3, -0.25) is 0 Å². The Morgan fingerprint density at radius 1 is 1.15 bits per heavy atom. The molecule has 0 saturated carbocycles. The number of aromatic nitrogens is 2. The normalized spacial score (nSPS) is 14.1. The Labute approximate surface area is 155 Å². The summed E-state index contributed by atoms with van der Waals surface area (Å²) < 4.78 is 5.84. The van der Waals surface area contributed by atoms with E-state index >= 15 is 0 Å². The lowest BCUT2D eigenvalue weighted by Crippen LogP contribution is -2.48. The fourth-order valence-corrected chi connectivity index (χ4v) is 2.83. The van der Waals surface area contributed by atoms with Crippen molar-refractivity contribution in [3.8, 4) is 11.6 Å². The Morgan fingerprint density at radius 3 is 2.52 bits per heavy atom. The molecule has 27 heavy (non-hydrogen) atoms. The maximum absolute atomic E-state index is 11.2. The van der Waals surface area contributed by atoms with Gasteiger partial charge in [0.25, 0.3) is 0 Å². The molecule has 2 N–H and O–H groups in total. The first-order chi connectivity index (χ1) is 13.0. The van der Waals surface area contributed by atoms with Gasteiger partial charge >= 0.3 is 12.1 Å². The highest BCUT2D eigenvalue weighted by Gasteiger charge is 2.22. The average Bonchev–Trinajstić information content (AvgIpc) is 2.68. The number of ether oxygens (including phenoxy) is 1. The van der Waals surface area contributed by atoms with Gasteiger partial charge in [-0.25, -0.2) is 14.6 Å². The lowest BCUT2D eigenvalue weighted by atomic mass is 10.1. The summed E-state index contributed by atoms with van der Waals surface area (Å²) in [5.74, 6) is 0.169. The van der Waals surface area contributed by atoms with E-state index in [0.717, 1.165) is 5.56 Å². The van der Waals surface area contributed by atoms with Crippen LogP contribution in [0.15, 0.2) is 30.5 Å². The van der Waals surface area contributed by atoms with Gasteiger partial charge in [-0.1, -0.05) is 13.0 Å². The number of nitrogens with zero attached hydrogens (tertiary/aromatic N) is 4. The summed E-state index contributed by atoms with van der Waals surface area (Å²) in [7, 11) is 0. The molecule has 1 saturated heterocycles. The molecule has 1 aromatic carbocycles. The first-order valence-electron chi connectivity index (χ1n) is 8.58. The number of rotatable bonds is 5. The summed E-state index contributed by atoms with van der Waals surface area (Å²) >= 11 is 0. The molecule has 0 radical (unpaired) electrons. The summed E-state index contributed by atoms with van der Waals surface area (Å²) in [5.41, 5.74) is 1.01. The largest absolute Gasteiger partial charge is 0.478 e. The number of carboxylic acids is 1. The smallest absolute Gasteiger partial charge is 0.407 e. The number of aromatic carboxylic acids is 1. The van der Waals surface area contributed by atoms with Crippen LogP contribution in [0.25, 0.3) is 0 Å². The van der Waals surface area contributed by atoms with Crippen molar-refractivity contribution in [2.75, 3.05) is 31.1 Å². The van der Waals surface area contributed by atoms with Gasteiger partial charge in [0.1, 0.15) is 5.75 Å². The van der Waals surface area contributed by atoms with Gasteiger partial charge < -0.3 is 24.7 Å². The second-order valence-electron chi connectivity index (χ2n) is 6.03. The van der Waals surface area contributed by atoms with Crippen molar-refractivity contribution in [3.05, 3.63) is 41.6 Å². The van der Waals surface area contributed by atoms with Crippen LogP contribution in [-0.2, 0) is 6.42 Å². The van der Waals surface area contributed by atoms with Crippen molar-refractivity contribution < 1.29 is 24.5 Å². The number of carbonyl (C=O) groups is 2. The van der Waals surface area contributed by atoms with Gasteiger partial charge in [-0.15, -0.1) is 0 Å². The highest BCUT2D eigenvalue weighted by atomic mass is 16.5. The summed E-state index contributed by atoms with van der Waals surface area (Å²) in [6.07, 6.45) is 1.32. The van der Waals surface area contributed by atoms with Gasteiger partial charge in [0.2, 0.25) is 11.8 Å². The van der Waals surface area contributed by atoms with Gasteiger partial charge in [0, 0.05) is 38.4 Å². The van der Waals surface area contributed by atoms with E-state index in [-0.39, 0.29) is 5.56 Å². The van der Waals surface area contributed by atoms with Crippen LogP contribution >= 0.6 is 0 Å². The lowest BCUT2D eigenvalue weighted by molar-refractivity contribution is 0.0696. The van der Waals surface area contributed by atoms with Crippen LogP contribution in [0.2, 0.25) is 0 Å². The third-order valence-corrected chi connectivity index (χ3v) is 4.36. The Kier molecular flexibility index (Phi) is 5.39. The molecule has 1 aliphatic heterocycles. The van der Waals surface area contributed by atoms with Crippen LogP contribution in [0.1, 0.15) is 22.8 Å². The number of anilines is 1. The molecular weight excluding hydrogens is 352 g/mol. The number of hydrogen-bond acceptors (Lipinski definition) is 6. The minimum atomic E-state index is -1.03. The number of piperazine rings is 1. The molecule has 0 aliphatic carbocycles. The van der Waals surface area contributed by atoms with Crippen LogP contribution in [-0.4, -0.2) is 63.3 Å². The van der Waals surface area contributed by atoms with Gasteiger partial charge in [0.05, 0.1) is 5.56 Å². The molecule has 1 amide bonds. The van der Waals surface area contributed by atoms with Crippen molar-refractivity contribution in [2.24, 2.45) is 0 Å². The van der Waals surface area contributed by atoms with E-state index in [1.54, 1.807) is 24.4 Å². The highest BCUT2D eigenvalue weighted by molar-refractivity contribution is 5.88.